The number of nitrogens with zero attached hydrogens (tertiary/aromatic N) is 6. The number of hydrogen-bond acceptors (Lipinski definition) is 7. The lowest BCUT2D eigenvalue weighted by molar-refractivity contribution is 0.628. The molecule has 0 unspecified atom stereocenters. The summed E-state index contributed by atoms with van der Waals surface area (Å²) >= 11 is 12.5. The van der Waals surface area contributed by atoms with Gasteiger partial charge in [0.15, 0.2) is 0 Å². The molecule has 11 heteroatoms. The molecule has 0 aliphatic rings. The van der Waals surface area contributed by atoms with Gasteiger partial charge in [0.05, 0.1) is 51.8 Å². The Bertz CT molecular complexity index is 1600. The highest BCUT2D eigenvalue weighted by atomic mass is 35.5. The molecule has 0 saturated heterocycles. The Labute approximate surface area is 215 Å². The summed E-state index contributed by atoms with van der Waals surface area (Å²) in [6.07, 6.45) is 5.01. The van der Waals surface area contributed by atoms with E-state index in [0.29, 0.717) is 51.6 Å². The number of hydrogen-bond donors (Lipinski definition) is 2. The number of nitrogens with one attached hydrogen (secondary N) is 2. The molecule has 5 rings (SSSR count). The van der Waals surface area contributed by atoms with Crippen molar-refractivity contribution >= 4 is 51.2 Å². The lowest BCUT2D eigenvalue weighted by Crippen LogP contribution is -2.02. The molecule has 2 N–H and O–H groups in total. The molecule has 0 bridgehead atoms. The zero-order chi connectivity index (χ0) is 25.1. The van der Waals surface area contributed by atoms with Gasteiger partial charge in [-0.3, -0.25) is 9.97 Å². The van der Waals surface area contributed by atoms with Crippen LogP contribution in [0.5, 0.6) is 0 Å². The molecule has 0 atom stereocenters. The van der Waals surface area contributed by atoms with Crippen LogP contribution in [0, 0.1) is 17.1 Å². The van der Waals surface area contributed by atoms with E-state index in [-0.39, 0.29) is 5.02 Å². The predicted molar refractivity (Wildman–Crippen MR) is 137 cm³/mol. The van der Waals surface area contributed by atoms with Crippen molar-refractivity contribution in [3.63, 3.8) is 0 Å². The standard InChI is InChI=1S/C25H17Cl2FN8/c26-21-8-16(4-5-23(21)28)33-24-15(10-29)11-32-25-20(24)7-18(9-22(25)27)31-12-19-14-36(35-34-19)13-17-3-1-2-6-30-17/h1-9,11,14,31H,12-13H2,(H,32,33). The number of halogens is 3. The Morgan fingerprint density at radius 1 is 1.00 bits per heavy atom. The first kappa shape index (κ1) is 23.5. The third-order valence-corrected chi connectivity index (χ3v) is 5.92. The molecule has 0 radical (unpaired) electrons. The lowest BCUT2D eigenvalue weighted by Gasteiger charge is -2.14. The average Bonchev–Trinajstić information content (AvgIpc) is 3.33. The second-order valence-electron chi connectivity index (χ2n) is 7.85. The van der Waals surface area contributed by atoms with Gasteiger partial charge in [0.25, 0.3) is 0 Å². The number of nitriles is 1. The SMILES string of the molecule is N#Cc1cnc2c(Cl)cc(NCc3cn(Cc4ccccn4)nn3)cc2c1Nc1ccc(F)c(Cl)c1. The van der Waals surface area contributed by atoms with Crippen LogP contribution in [0.2, 0.25) is 10.0 Å². The van der Waals surface area contributed by atoms with Gasteiger partial charge in [0.1, 0.15) is 17.6 Å². The third kappa shape index (κ3) is 5.05. The van der Waals surface area contributed by atoms with Crippen molar-refractivity contribution < 1.29 is 4.39 Å². The maximum atomic E-state index is 13.6. The lowest BCUT2D eigenvalue weighted by atomic mass is 10.1. The minimum atomic E-state index is -0.534. The van der Waals surface area contributed by atoms with Crippen LogP contribution in [-0.2, 0) is 13.1 Å². The molecule has 0 saturated carbocycles. The van der Waals surface area contributed by atoms with Crippen molar-refractivity contribution in [1.29, 1.82) is 5.26 Å². The van der Waals surface area contributed by atoms with Gasteiger partial charge in [-0.25, -0.2) is 9.07 Å². The minimum absolute atomic E-state index is 0.0339. The minimum Gasteiger partial charge on any atom is -0.379 e. The van der Waals surface area contributed by atoms with E-state index in [4.69, 9.17) is 23.2 Å². The molecule has 0 spiro atoms. The first-order valence-electron chi connectivity index (χ1n) is 10.8. The summed E-state index contributed by atoms with van der Waals surface area (Å²) in [6.45, 7) is 0.909. The molecule has 178 valence electrons. The van der Waals surface area contributed by atoms with Crippen molar-refractivity contribution in [3.8, 4) is 6.07 Å². The van der Waals surface area contributed by atoms with Gasteiger partial charge < -0.3 is 10.6 Å². The fraction of sp³-hybridized carbons (Fsp3) is 0.0800. The summed E-state index contributed by atoms with van der Waals surface area (Å²) < 4.78 is 15.3. The van der Waals surface area contributed by atoms with Crippen molar-refractivity contribution in [2.75, 3.05) is 10.6 Å². The second kappa shape index (κ2) is 10.2. The number of aromatic nitrogens is 5. The van der Waals surface area contributed by atoms with Gasteiger partial charge in [-0.15, -0.1) is 5.10 Å². The molecule has 0 aliphatic carbocycles. The molecule has 0 fully saturated rings. The largest absolute Gasteiger partial charge is 0.379 e. The normalized spacial score (nSPS) is 10.8. The molecule has 3 aromatic heterocycles. The fourth-order valence-electron chi connectivity index (χ4n) is 3.65. The zero-order valence-corrected chi connectivity index (χ0v) is 20.1. The molecule has 5 aromatic rings. The highest BCUT2D eigenvalue weighted by Gasteiger charge is 2.14. The highest BCUT2D eigenvalue weighted by Crippen LogP contribution is 2.35. The highest BCUT2D eigenvalue weighted by molar-refractivity contribution is 6.36. The monoisotopic (exact) mass is 518 g/mol. The van der Waals surface area contributed by atoms with E-state index in [1.807, 2.05) is 30.5 Å². The Morgan fingerprint density at radius 3 is 2.64 bits per heavy atom. The van der Waals surface area contributed by atoms with E-state index in [1.54, 1.807) is 16.9 Å². The van der Waals surface area contributed by atoms with Crippen molar-refractivity contribution in [3.05, 3.63) is 99.9 Å². The first-order valence-corrected chi connectivity index (χ1v) is 11.5. The third-order valence-electron chi connectivity index (χ3n) is 5.34. The van der Waals surface area contributed by atoms with E-state index in [0.717, 1.165) is 11.4 Å². The Morgan fingerprint density at radius 2 is 1.86 bits per heavy atom. The van der Waals surface area contributed by atoms with Crippen LogP contribution in [0.4, 0.5) is 21.5 Å². The summed E-state index contributed by atoms with van der Waals surface area (Å²) in [6, 6.07) is 15.7. The van der Waals surface area contributed by atoms with Crippen molar-refractivity contribution in [2.45, 2.75) is 13.1 Å². The summed E-state index contributed by atoms with van der Waals surface area (Å²) in [5, 5.41) is 25.5. The van der Waals surface area contributed by atoms with Crippen LogP contribution in [0.25, 0.3) is 10.9 Å². The number of rotatable bonds is 7. The molecular formula is C25H17Cl2FN8. The van der Waals surface area contributed by atoms with Crippen LogP contribution in [0.15, 0.2) is 67.1 Å². The number of benzene rings is 2. The van der Waals surface area contributed by atoms with E-state index in [9.17, 15) is 9.65 Å². The number of anilines is 3. The molecule has 8 nitrogen and oxygen atoms in total. The van der Waals surface area contributed by atoms with Gasteiger partial charge in [-0.05, 0) is 42.5 Å². The van der Waals surface area contributed by atoms with Crippen LogP contribution < -0.4 is 10.6 Å². The molecule has 0 aliphatic heterocycles. The summed E-state index contributed by atoms with van der Waals surface area (Å²) in [5.41, 5.74) is 4.12. The topological polar surface area (TPSA) is 104 Å². The maximum absolute atomic E-state index is 13.6. The van der Waals surface area contributed by atoms with E-state index >= 15 is 0 Å². The molecule has 0 amide bonds. The molecule has 3 heterocycles. The van der Waals surface area contributed by atoms with E-state index in [2.05, 4.69) is 37.0 Å². The zero-order valence-electron chi connectivity index (χ0n) is 18.6. The van der Waals surface area contributed by atoms with Crippen molar-refractivity contribution in [1.82, 2.24) is 25.0 Å². The van der Waals surface area contributed by atoms with E-state index < -0.39 is 5.82 Å². The summed E-state index contributed by atoms with van der Waals surface area (Å²) in [4.78, 5) is 8.65. The Kier molecular flexibility index (Phi) is 6.62. The number of fused-ring (bicyclic) bond motifs is 1. The van der Waals surface area contributed by atoms with Crippen molar-refractivity contribution in [2.24, 2.45) is 0 Å². The number of pyridine rings is 2. The van der Waals surface area contributed by atoms with Gasteiger partial charge in [-0.1, -0.05) is 34.5 Å². The smallest absolute Gasteiger partial charge is 0.141 e. The van der Waals surface area contributed by atoms with E-state index in [1.165, 1.54) is 24.4 Å². The molecular weight excluding hydrogens is 502 g/mol. The summed E-state index contributed by atoms with van der Waals surface area (Å²) in [7, 11) is 0. The average molecular weight is 519 g/mol. The van der Waals surface area contributed by atoms with Gasteiger partial charge in [0, 0.05) is 29.2 Å². The van der Waals surface area contributed by atoms with Crippen LogP contribution in [0.3, 0.4) is 0 Å². The van der Waals surface area contributed by atoms with Gasteiger partial charge >= 0.3 is 0 Å². The molecule has 2 aromatic carbocycles. The van der Waals surface area contributed by atoms with Gasteiger partial charge in [-0.2, -0.15) is 5.26 Å². The quantitative estimate of drug-likeness (QED) is 0.274. The summed E-state index contributed by atoms with van der Waals surface area (Å²) in [5.74, 6) is -0.534. The van der Waals surface area contributed by atoms with Gasteiger partial charge in [0.2, 0.25) is 0 Å². The van der Waals surface area contributed by atoms with Crippen LogP contribution in [-0.4, -0.2) is 25.0 Å². The Balaban J connectivity index is 1.41. The maximum Gasteiger partial charge on any atom is 0.141 e. The Hall–Kier alpha value is -4.26. The van der Waals surface area contributed by atoms with Crippen LogP contribution >= 0.6 is 23.2 Å². The fourth-order valence-corrected chi connectivity index (χ4v) is 4.10. The predicted octanol–water partition coefficient (Wildman–Crippen LogP) is 5.94. The molecule has 36 heavy (non-hydrogen) atoms. The van der Waals surface area contributed by atoms with Crippen LogP contribution in [0.1, 0.15) is 17.0 Å². The second-order valence-corrected chi connectivity index (χ2v) is 8.66. The first-order chi connectivity index (χ1) is 17.5.